The van der Waals surface area contributed by atoms with Gasteiger partial charge >= 0.3 is 6.18 Å². The van der Waals surface area contributed by atoms with Gasteiger partial charge < -0.3 is 10.6 Å². The molecule has 0 atom stereocenters. The van der Waals surface area contributed by atoms with E-state index in [9.17, 15) is 13.2 Å². The summed E-state index contributed by atoms with van der Waals surface area (Å²) >= 11 is 1.31. The predicted molar refractivity (Wildman–Crippen MR) is 83.7 cm³/mol. The number of nitrogens with one attached hydrogen (secondary N) is 2. The lowest BCUT2D eigenvalue weighted by Crippen LogP contribution is -2.17. The standard InChI is InChI=1S/C15H18F3N3S/c1-2-8-19-9-7-11-10-22-14(20-11)21-13-6-4-3-5-12(13)15(16,17)18/h3-6,10,19H,2,7-9H2,1H3,(H,20,21). The van der Waals surface area contributed by atoms with E-state index >= 15 is 0 Å². The average Bonchev–Trinajstić information content (AvgIpc) is 2.91. The average molecular weight is 329 g/mol. The largest absolute Gasteiger partial charge is 0.418 e. The second kappa shape index (κ2) is 7.60. The predicted octanol–water partition coefficient (Wildman–Crippen LogP) is 4.45. The SMILES string of the molecule is CCCNCCc1csc(Nc2ccccc2C(F)(F)F)n1. The number of hydrogen-bond acceptors (Lipinski definition) is 4. The Morgan fingerprint density at radius 1 is 1.18 bits per heavy atom. The van der Waals surface area contributed by atoms with Gasteiger partial charge in [0.2, 0.25) is 0 Å². The molecule has 2 rings (SSSR count). The number of anilines is 2. The van der Waals surface area contributed by atoms with E-state index in [0.29, 0.717) is 5.13 Å². The van der Waals surface area contributed by atoms with E-state index in [1.807, 2.05) is 5.38 Å². The van der Waals surface area contributed by atoms with Crippen molar-refractivity contribution >= 4 is 22.2 Å². The number of thiazole rings is 1. The van der Waals surface area contributed by atoms with Gasteiger partial charge in [-0.05, 0) is 25.1 Å². The molecule has 2 aromatic rings. The molecule has 7 heteroatoms. The summed E-state index contributed by atoms with van der Waals surface area (Å²) < 4.78 is 38.8. The first kappa shape index (κ1) is 16.8. The van der Waals surface area contributed by atoms with Crippen LogP contribution in [0.15, 0.2) is 29.6 Å². The lowest BCUT2D eigenvalue weighted by atomic mass is 10.2. The Kier molecular flexibility index (Phi) is 5.79. The summed E-state index contributed by atoms with van der Waals surface area (Å²) in [5.74, 6) is 0. The van der Waals surface area contributed by atoms with Crippen molar-refractivity contribution in [2.45, 2.75) is 25.9 Å². The summed E-state index contributed by atoms with van der Waals surface area (Å²) in [7, 11) is 0. The van der Waals surface area contributed by atoms with E-state index in [0.717, 1.165) is 37.7 Å². The third-order valence-corrected chi connectivity index (χ3v) is 3.82. The normalized spacial score (nSPS) is 11.6. The molecule has 0 aliphatic carbocycles. The molecule has 1 heterocycles. The van der Waals surface area contributed by atoms with Gasteiger partial charge in [0.15, 0.2) is 5.13 Å². The summed E-state index contributed by atoms with van der Waals surface area (Å²) in [6, 6.07) is 5.42. The number of benzene rings is 1. The number of aromatic nitrogens is 1. The summed E-state index contributed by atoms with van der Waals surface area (Å²) in [6.07, 6.45) is -2.55. The van der Waals surface area contributed by atoms with E-state index in [1.54, 1.807) is 6.07 Å². The summed E-state index contributed by atoms with van der Waals surface area (Å²) in [5, 5.41) is 8.38. The van der Waals surface area contributed by atoms with Crippen molar-refractivity contribution < 1.29 is 13.2 Å². The van der Waals surface area contributed by atoms with Crippen molar-refractivity contribution in [1.82, 2.24) is 10.3 Å². The molecule has 120 valence electrons. The van der Waals surface area contributed by atoms with E-state index in [1.165, 1.54) is 23.5 Å². The van der Waals surface area contributed by atoms with Gasteiger partial charge in [-0.1, -0.05) is 19.1 Å². The molecule has 0 amide bonds. The van der Waals surface area contributed by atoms with Crippen LogP contribution in [0.1, 0.15) is 24.6 Å². The Morgan fingerprint density at radius 2 is 1.95 bits per heavy atom. The molecule has 0 bridgehead atoms. The van der Waals surface area contributed by atoms with Crippen LogP contribution in [0, 0.1) is 0 Å². The molecule has 0 saturated carbocycles. The third-order valence-electron chi connectivity index (χ3n) is 3.01. The highest BCUT2D eigenvalue weighted by Gasteiger charge is 2.33. The van der Waals surface area contributed by atoms with Crippen molar-refractivity contribution in [3.63, 3.8) is 0 Å². The summed E-state index contributed by atoms with van der Waals surface area (Å²) in [6.45, 7) is 3.86. The van der Waals surface area contributed by atoms with Crippen LogP contribution in [0.3, 0.4) is 0 Å². The zero-order chi connectivity index (χ0) is 16.0. The molecule has 0 aliphatic heterocycles. The smallest absolute Gasteiger partial charge is 0.331 e. The minimum atomic E-state index is -4.38. The monoisotopic (exact) mass is 329 g/mol. The zero-order valence-electron chi connectivity index (χ0n) is 12.2. The van der Waals surface area contributed by atoms with Crippen LogP contribution in [-0.2, 0) is 12.6 Å². The molecule has 1 aromatic heterocycles. The summed E-state index contributed by atoms with van der Waals surface area (Å²) in [4.78, 5) is 4.33. The Balaban J connectivity index is 2.02. The van der Waals surface area contributed by atoms with Crippen molar-refractivity contribution in [3.05, 3.63) is 40.9 Å². The molecule has 3 nitrogen and oxygen atoms in total. The maximum absolute atomic E-state index is 12.9. The minimum absolute atomic E-state index is 0.0278. The molecule has 0 aliphatic rings. The van der Waals surface area contributed by atoms with Gasteiger partial charge in [-0.3, -0.25) is 0 Å². The molecule has 0 saturated heterocycles. The lowest BCUT2D eigenvalue weighted by Gasteiger charge is -2.12. The molecular formula is C15H18F3N3S. The number of para-hydroxylation sites is 1. The number of nitrogens with zero attached hydrogens (tertiary/aromatic N) is 1. The zero-order valence-corrected chi connectivity index (χ0v) is 13.0. The molecule has 0 unspecified atom stereocenters. The Hall–Kier alpha value is -1.60. The van der Waals surface area contributed by atoms with Crippen molar-refractivity contribution in [1.29, 1.82) is 0 Å². The van der Waals surface area contributed by atoms with Gasteiger partial charge in [-0.25, -0.2) is 4.98 Å². The lowest BCUT2D eigenvalue weighted by molar-refractivity contribution is -0.136. The van der Waals surface area contributed by atoms with Gasteiger partial charge in [0.05, 0.1) is 16.9 Å². The highest BCUT2D eigenvalue weighted by atomic mass is 32.1. The van der Waals surface area contributed by atoms with E-state index in [4.69, 9.17) is 0 Å². The number of alkyl halides is 3. The fourth-order valence-corrected chi connectivity index (χ4v) is 2.71. The highest BCUT2D eigenvalue weighted by molar-refractivity contribution is 7.13. The second-order valence-electron chi connectivity index (χ2n) is 4.81. The van der Waals surface area contributed by atoms with E-state index < -0.39 is 11.7 Å². The van der Waals surface area contributed by atoms with Crippen LogP contribution >= 0.6 is 11.3 Å². The van der Waals surface area contributed by atoms with Gasteiger partial charge in [-0.15, -0.1) is 11.3 Å². The Labute approximate surface area is 131 Å². The van der Waals surface area contributed by atoms with Gasteiger partial charge in [0.25, 0.3) is 0 Å². The Morgan fingerprint density at radius 3 is 2.68 bits per heavy atom. The third kappa shape index (κ3) is 4.71. The molecular weight excluding hydrogens is 311 g/mol. The summed E-state index contributed by atoms with van der Waals surface area (Å²) in [5.41, 5.74) is 0.219. The van der Waals surface area contributed by atoms with Crippen LogP contribution in [0.2, 0.25) is 0 Å². The first-order valence-corrected chi connectivity index (χ1v) is 7.97. The second-order valence-corrected chi connectivity index (χ2v) is 5.67. The molecule has 2 N–H and O–H groups in total. The van der Waals surface area contributed by atoms with Crippen molar-refractivity contribution in [2.24, 2.45) is 0 Å². The highest BCUT2D eigenvalue weighted by Crippen LogP contribution is 2.36. The topological polar surface area (TPSA) is 37.0 Å². The van der Waals surface area contributed by atoms with Gasteiger partial charge in [-0.2, -0.15) is 13.2 Å². The number of rotatable bonds is 7. The molecule has 1 aromatic carbocycles. The van der Waals surface area contributed by atoms with Crippen LogP contribution in [0.25, 0.3) is 0 Å². The fraction of sp³-hybridized carbons (Fsp3) is 0.400. The number of hydrogen-bond donors (Lipinski definition) is 2. The van der Waals surface area contributed by atoms with Crippen molar-refractivity contribution in [2.75, 3.05) is 18.4 Å². The maximum Gasteiger partial charge on any atom is 0.418 e. The fourth-order valence-electron chi connectivity index (χ4n) is 1.95. The first-order chi connectivity index (χ1) is 10.5. The van der Waals surface area contributed by atoms with Gasteiger partial charge in [0, 0.05) is 18.3 Å². The molecule has 0 spiro atoms. The minimum Gasteiger partial charge on any atom is -0.331 e. The van der Waals surface area contributed by atoms with Crippen molar-refractivity contribution in [3.8, 4) is 0 Å². The maximum atomic E-state index is 12.9. The molecule has 0 fully saturated rings. The molecule has 0 radical (unpaired) electrons. The quantitative estimate of drug-likeness (QED) is 0.737. The van der Waals surface area contributed by atoms with Crippen LogP contribution in [0.5, 0.6) is 0 Å². The van der Waals surface area contributed by atoms with Crippen LogP contribution in [-0.4, -0.2) is 18.1 Å². The van der Waals surface area contributed by atoms with E-state index in [-0.39, 0.29) is 5.69 Å². The first-order valence-electron chi connectivity index (χ1n) is 7.09. The van der Waals surface area contributed by atoms with Crippen LogP contribution < -0.4 is 10.6 Å². The molecule has 22 heavy (non-hydrogen) atoms. The van der Waals surface area contributed by atoms with E-state index in [2.05, 4.69) is 22.5 Å². The van der Waals surface area contributed by atoms with Crippen LogP contribution in [0.4, 0.5) is 24.0 Å². The Bertz CT molecular complexity index is 596. The van der Waals surface area contributed by atoms with Gasteiger partial charge in [0.1, 0.15) is 0 Å². The number of halogens is 3.